The van der Waals surface area contributed by atoms with E-state index in [2.05, 4.69) is 20.8 Å². The molecule has 0 aromatic rings. The van der Waals surface area contributed by atoms with Crippen LogP contribution in [0.5, 0.6) is 0 Å². The predicted molar refractivity (Wildman–Crippen MR) is 129 cm³/mol. The van der Waals surface area contributed by atoms with Crippen LogP contribution >= 0.6 is 0 Å². The minimum atomic E-state index is -0.199. The van der Waals surface area contributed by atoms with E-state index in [4.69, 9.17) is 9.47 Å². The number of ether oxygens (including phenoxy) is 2. The molecule has 0 spiro atoms. The third-order valence-corrected chi connectivity index (χ3v) is 11.0. The lowest BCUT2D eigenvalue weighted by Crippen LogP contribution is -2.58. The molecule has 4 aliphatic carbocycles. The third-order valence-electron chi connectivity index (χ3n) is 11.0. The Balaban J connectivity index is 1.46. The van der Waals surface area contributed by atoms with Crippen molar-refractivity contribution in [2.45, 2.75) is 105 Å². The first-order valence-corrected chi connectivity index (χ1v) is 13.7. The van der Waals surface area contributed by atoms with Crippen LogP contribution in [0.4, 0.5) is 0 Å². The Bertz CT molecular complexity index is 906. The van der Waals surface area contributed by atoms with E-state index in [-0.39, 0.29) is 52.6 Å². The van der Waals surface area contributed by atoms with Crippen LogP contribution in [0, 0.1) is 46.3 Å². The summed E-state index contributed by atoms with van der Waals surface area (Å²) >= 11 is 0. The van der Waals surface area contributed by atoms with Gasteiger partial charge in [0.15, 0.2) is 5.78 Å². The van der Waals surface area contributed by atoms with Crippen molar-refractivity contribution in [3.8, 4) is 0 Å². The summed E-state index contributed by atoms with van der Waals surface area (Å²) in [4.78, 5) is 36.8. The SMILES string of the molecule is CC(=O)O[C@@H]1C[C@]2(C)[C@@H]([C@H](C)[C@@H]3CC[C@H](C)C(=O)O3)CC[C@H]2[C@@H]2CCC3=CC(=O)CC[C@]3(C)[C@H]21. The largest absolute Gasteiger partial charge is 0.462 e. The minimum absolute atomic E-state index is 0.00283. The first-order valence-electron chi connectivity index (χ1n) is 13.7. The molecular formula is C29H42O5. The molecule has 1 heterocycles. The van der Waals surface area contributed by atoms with E-state index < -0.39 is 0 Å². The maximum atomic E-state index is 12.3. The summed E-state index contributed by atoms with van der Waals surface area (Å²) in [5.41, 5.74) is 1.30. The predicted octanol–water partition coefficient (Wildman–Crippen LogP) is 5.65. The molecule has 0 radical (unpaired) electrons. The van der Waals surface area contributed by atoms with Crippen LogP contribution in [0.1, 0.15) is 92.4 Å². The minimum Gasteiger partial charge on any atom is -0.462 e. The Hall–Kier alpha value is -1.65. The van der Waals surface area contributed by atoms with E-state index in [0.29, 0.717) is 30.1 Å². The molecule has 0 amide bonds. The summed E-state index contributed by atoms with van der Waals surface area (Å²) in [6.07, 6.45) is 10.4. The Morgan fingerprint density at radius 3 is 2.59 bits per heavy atom. The van der Waals surface area contributed by atoms with Gasteiger partial charge in [0, 0.05) is 19.3 Å². The second-order valence-electron chi connectivity index (χ2n) is 12.7. The highest BCUT2D eigenvalue weighted by atomic mass is 16.5. The maximum absolute atomic E-state index is 12.3. The standard InChI is InChI=1S/C29H42O5/c1-16-6-11-24(34-27(16)32)17(2)22-9-10-23-21-8-7-19-14-20(31)12-13-28(19,4)26(21)25(33-18(3)30)15-29(22,23)5/h14,16-17,21-26H,6-13,15H2,1-5H3/t16-,17-,21-,22+,23-,24-,25+,26+,28-,29+/m0/s1. The van der Waals surface area contributed by atoms with Crippen molar-refractivity contribution in [2.24, 2.45) is 46.3 Å². The number of allylic oxidation sites excluding steroid dienone is 1. The van der Waals surface area contributed by atoms with Crippen LogP contribution < -0.4 is 0 Å². The number of carbonyl (C=O) groups is 3. The molecule has 4 fully saturated rings. The molecule has 34 heavy (non-hydrogen) atoms. The second kappa shape index (κ2) is 8.48. The van der Waals surface area contributed by atoms with E-state index in [0.717, 1.165) is 44.9 Å². The van der Waals surface area contributed by atoms with Crippen molar-refractivity contribution in [3.05, 3.63) is 11.6 Å². The number of carbonyl (C=O) groups excluding carboxylic acids is 3. The summed E-state index contributed by atoms with van der Waals surface area (Å²) in [7, 11) is 0. The van der Waals surface area contributed by atoms with Crippen LogP contribution in [0.15, 0.2) is 11.6 Å². The van der Waals surface area contributed by atoms with Crippen LogP contribution in [0.25, 0.3) is 0 Å². The average Bonchev–Trinajstić information content (AvgIpc) is 3.11. The van der Waals surface area contributed by atoms with Crippen molar-refractivity contribution < 1.29 is 23.9 Å². The molecule has 0 N–H and O–H groups in total. The second-order valence-corrected chi connectivity index (χ2v) is 12.7. The topological polar surface area (TPSA) is 69.7 Å². The average molecular weight is 471 g/mol. The number of esters is 2. The Kier molecular flexibility index (Phi) is 6.00. The zero-order chi connectivity index (χ0) is 24.4. The third kappa shape index (κ3) is 3.67. The Morgan fingerprint density at radius 2 is 1.88 bits per heavy atom. The molecular weight excluding hydrogens is 428 g/mol. The molecule has 5 aliphatic rings. The number of rotatable bonds is 3. The van der Waals surface area contributed by atoms with Crippen LogP contribution in [0.3, 0.4) is 0 Å². The van der Waals surface area contributed by atoms with Crippen molar-refractivity contribution in [1.82, 2.24) is 0 Å². The van der Waals surface area contributed by atoms with Crippen molar-refractivity contribution in [2.75, 3.05) is 0 Å². The van der Waals surface area contributed by atoms with Crippen molar-refractivity contribution in [3.63, 3.8) is 0 Å². The molecule has 1 saturated heterocycles. The van der Waals surface area contributed by atoms with E-state index in [1.54, 1.807) is 0 Å². The maximum Gasteiger partial charge on any atom is 0.308 e. The van der Waals surface area contributed by atoms with Crippen LogP contribution in [-0.4, -0.2) is 29.9 Å². The number of ketones is 1. The summed E-state index contributed by atoms with van der Waals surface area (Å²) in [6, 6.07) is 0. The first-order chi connectivity index (χ1) is 16.0. The van der Waals surface area contributed by atoms with Gasteiger partial charge in [0.25, 0.3) is 0 Å². The summed E-state index contributed by atoms with van der Waals surface area (Å²) in [6.45, 7) is 10.6. The quantitative estimate of drug-likeness (QED) is 0.498. The number of hydrogen-bond donors (Lipinski definition) is 0. The van der Waals surface area contributed by atoms with Gasteiger partial charge in [-0.05, 0) is 91.9 Å². The number of fused-ring (bicyclic) bond motifs is 5. The monoisotopic (exact) mass is 470 g/mol. The molecule has 1 aliphatic heterocycles. The lowest BCUT2D eigenvalue weighted by molar-refractivity contribution is -0.182. The zero-order valence-electron chi connectivity index (χ0n) is 21.6. The molecule has 0 aromatic heterocycles. The van der Waals surface area contributed by atoms with E-state index in [1.165, 1.54) is 18.9 Å². The number of hydrogen-bond acceptors (Lipinski definition) is 5. The highest BCUT2D eigenvalue weighted by Gasteiger charge is 2.64. The highest BCUT2D eigenvalue weighted by molar-refractivity contribution is 5.91. The molecule has 188 valence electrons. The molecule has 5 heteroatoms. The van der Waals surface area contributed by atoms with Gasteiger partial charge in [-0.3, -0.25) is 14.4 Å². The van der Waals surface area contributed by atoms with Crippen molar-refractivity contribution in [1.29, 1.82) is 0 Å². The van der Waals surface area contributed by atoms with Gasteiger partial charge in [0.1, 0.15) is 12.2 Å². The van der Waals surface area contributed by atoms with E-state index in [1.807, 2.05) is 13.0 Å². The zero-order valence-corrected chi connectivity index (χ0v) is 21.6. The molecule has 10 atom stereocenters. The van der Waals surface area contributed by atoms with Crippen molar-refractivity contribution >= 4 is 17.7 Å². The van der Waals surface area contributed by atoms with Gasteiger partial charge in [0.2, 0.25) is 0 Å². The number of cyclic esters (lactones) is 1. The van der Waals surface area contributed by atoms with Gasteiger partial charge >= 0.3 is 11.9 Å². The molecule has 5 nitrogen and oxygen atoms in total. The van der Waals surface area contributed by atoms with Gasteiger partial charge in [0.05, 0.1) is 5.92 Å². The van der Waals surface area contributed by atoms with Gasteiger partial charge in [-0.25, -0.2) is 0 Å². The van der Waals surface area contributed by atoms with Gasteiger partial charge < -0.3 is 9.47 Å². The molecule has 5 rings (SSSR count). The van der Waals surface area contributed by atoms with Crippen LogP contribution in [0.2, 0.25) is 0 Å². The fraction of sp³-hybridized carbons (Fsp3) is 0.828. The fourth-order valence-corrected chi connectivity index (χ4v) is 9.36. The van der Waals surface area contributed by atoms with Gasteiger partial charge in [-0.1, -0.05) is 33.3 Å². The molecule has 3 saturated carbocycles. The van der Waals surface area contributed by atoms with E-state index in [9.17, 15) is 14.4 Å². The van der Waals surface area contributed by atoms with E-state index >= 15 is 0 Å². The van der Waals surface area contributed by atoms with Gasteiger partial charge in [-0.2, -0.15) is 0 Å². The summed E-state index contributed by atoms with van der Waals surface area (Å²) < 4.78 is 12.1. The smallest absolute Gasteiger partial charge is 0.308 e. The normalized spacial score (nSPS) is 47.0. The summed E-state index contributed by atoms with van der Waals surface area (Å²) in [5.74, 6) is 2.16. The lowest BCUT2D eigenvalue weighted by atomic mass is 9.45. The summed E-state index contributed by atoms with van der Waals surface area (Å²) in [5, 5.41) is 0. The highest BCUT2D eigenvalue weighted by Crippen LogP contribution is 2.68. The molecule has 0 aromatic carbocycles. The Labute approximate surface area is 204 Å². The Morgan fingerprint density at radius 1 is 1.12 bits per heavy atom. The lowest BCUT2D eigenvalue weighted by Gasteiger charge is -2.60. The van der Waals surface area contributed by atoms with Gasteiger partial charge in [-0.15, -0.1) is 0 Å². The molecule has 0 bridgehead atoms. The first kappa shape index (κ1) is 24.1. The fourth-order valence-electron chi connectivity index (χ4n) is 9.36. The molecule has 0 unspecified atom stereocenters. The van der Waals surface area contributed by atoms with Crippen LogP contribution in [-0.2, 0) is 23.9 Å².